The van der Waals surface area contributed by atoms with E-state index in [1.54, 1.807) is 0 Å². The fourth-order valence-electron chi connectivity index (χ4n) is 3.93. The molecule has 122 valence electrons. The Kier molecular flexibility index (Phi) is 5.37. The third-order valence-electron chi connectivity index (χ3n) is 5.43. The number of anilines is 1. The van der Waals surface area contributed by atoms with Crippen molar-refractivity contribution in [3.8, 4) is 0 Å². The van der Waals surface area contributed by atoms with Crippen molar-refractivity contribution >= 4 is 5.69 Å². The lowest BCUT2D eigenvalue weighted by atomic mass is 9.97. The average Bonchev–Trinajstić information content (AvgIpc) is 2.95. The molecule has 0 amide bonds. The van der Waals surface area contributed by atoms with E-state index >= 15 is 0 Å². The van der Waals surface area contributed by atoms with Crippen LogP contribution in [0.5, 0.6) is 0 Å². The Morgan fingerprint density at radius 1 is 1.14 bits per heavy atom. The van der Waals surface area contributed by atoms with Crippen molar-refractivity contribution < 1.29 is 5.11 Å². The lowest BCUT2D eigenvalue weighted by Crippen LogP contribution is -2.34. The highest BCUT2D eigenvalue weighted by Crippen LogP contribution is 2.29. The van der Waals surface area contributed by atoms with E-state index in [4.69, 9.17) is 0 Å². The van der Waals surface area contributed by atoms with Crippen molar-refractivity contribution in [2.75, 3.05) is 25.0 Å². The Labute approximate surface area is 134 Å². The van der Waals surface area contributed by atoms with E-state index in [9.17, 15) is 5.11 Å². The summed E-state index contributed by atoms with van der Waals surface area (Å²) in [6.07, 6.45) is 6.22. The molecule has 1 aromatic rings. The van der Waals surface area contributed by atoms with Crippen LogP contribution in [0, 0.1) is 11.8 Å². The largest absolute Gasteiger partial charge is 0.396 e. The number of aliphatic hydroxyl groups is 1. The Hall–Kier alpha value is -1.06. The number of hydrogen-bond donors (Lipinski definition) is 2. The van der Waals surface area contributed by atoms with Gasteiger partial charge < -0.3 is 10.4 Å². The fraction of sp³-hybridized carbons (Fsp3) is 0.684. The van der Waals surface area contributed by atoms with Gasteiger partial charge in [-0.1, -0.05) is 25.1 Å². The Bertz CT molecular complexity index is 468. The molecule has 1 aliphatic heterocycles. The molecule has 1 saturated carbocycles. The molecule has 2 aliphatic rings. The minimum Gasteiger partial charge on any atom is -0.396 e. The number of benzene rings is 1. The van der Waals surface area contributed by atoms with Gasteiger partial charge in [-0.2, -0.15) is 0 Å². The molecule has 2 atom stereocenters. The number of para-hydroxylation sites is 1. The van der Waals surface area contributed by atoms with Crippen LogP contribution >= 0.6 is 0 Å². The second kappa shape index (κ2) is 7.47. The van der Waals surface area contributed by atoms with Gasteiger partial charge in [-0.05, 0) is 68.7 Å². The predicted molar refractivity (Wildman–Crippen MR) is 92.0 cm³/mol. The fourth-order valence-corrected chi connectivity index (χ4v) is 3.93. The first kappa shape index (κ1) is 15.8. The molecule has 22 heavy (non-hydrogen) atoms. The summed E-state index contributed by atoms with van der Waals surface area (Å²) in [6, 6.07) is 9.44. The SMILES string of the molecule is CC1CCC(Nc2ccccc2CN2CCC(CO)CC2)C1. The van der Waals surface area contributed by atoms with Gasteiger partial charge in [0.25, 0.3) is 0 Å². The van der Waals surface area contributed by atoms with Gasteiger partial charge in [0, 0.05) is 24.9 Å². The third kappa shape index (κ3) is 4.02. The normalized spacial score (nSPS) is 27.2. The molecule has 0 bridgehead atoms. The summed E-state index contributed by atoms with van der Waals surface area (Å²) in [5.41, 5.74) is 2.75. The van der Waals surface area contributed by atoms with Crippen molar-refractivity contribution in [2.24, 2.45) is 11.8 Å². The molecule has 1 aliphatic carbocycles. The predicted octanol–water partition coefficient (Wildman–Crippen LogP) is 3.49. The maximum absolute atomic E-state index is 9.26. The van der Waals surface area contributed by atoms with Crippen LogP contribution in [0.3, 0.4) is 0 Å². The van der Waals surface area contributed by atoms with E-state index in [0.29, 0.717) is 18.6 Å². The summed E-state index contributed by atoms with van der Waals surface area (Å²) in [4.78, 5) is 2.53. The van der Waals surface area contributed by atoms with Crippen LogP contribution in [-0.2, 0) is 6.54 Å². The summed E-state index contributed by atoms with van der Waals surface area (Å²) in [5.74, 6) is 1.38. The standard InChI is InChI=1S/C19H30N2O/c1-15-6-7-18(12-15)20-19-5-3-2-4-17(19)13-21-10-8-16(14-22)9-11-21/h2-5,15-16,18,20,22H,6-14H2,1H3. The van der Waals surface area contributed by atoms with Crippen molar-refractivity contribution in [1.82, 2.24) is 4.90 Å². The van der Waals surface area contributed by atoms with Crippen LogP contribution < -0.4 is 5.32 Å². The van der Waals surface area contributed by atoms with Crippen LogP contribution in [0.2, 0.25) is 0 Å². The monoisotopic (exact) mass is 302 g/mol. The maximum Gasteiger partial charge on any atom is 0.0460 e. The van der Waals surface area contributed by atoms with Crippen LogP contribution in [-0.4, -0.2) is 35.7 Å². The van der Waals surface area contributed by atoms with E-state index in [0.717, 1.165) is 38.4 Å². The zero-order chi connectivity index (χ0) is 15.4. The highest BCUT2D eigenvalue weighted by molar-refractivity contribution is 5.52. The molecule has 2 unspecified atom stereocenters. The number of piperidine rings is 1. The highest BCUT2D eigenvalue weighted by Gasteiger charge is 2.23. The van der Waals surface area contributed by atoms with Crippen molar-refractivity contribution in [1.29, 1.82) is 0 Å². The van der Waals surface area contributed by atoms with Gasteiger partial charge in [0.2, 0.25) is 0 Å². The van der Waals surface area contributed by atoms with Gasteiger partial charge in [-0.15, -0.1) is 0 Å². The quantitative estimate of drug-likeness (QED) is 0.874. The number of hydrogen-bond acceptors (Lipinski definition) is 3. The third-order valence-corrected chi connectivity index (χ3v) is 5.43. The minimum absolute atomic E-state index is 0.353. The van der Waals surface area contributed by atoms with Gasteiger partial charge in [0.15, 0.2) is 0 Å². The maximum atomic E-state index is 9.26. The van der Waals surface area contributed by atoms with Gasteiger partial charge in [-0.25, -0.2) is 0 Å². The van der Waals surface area contributed by atoms with E-state index in [-0.39, 0.29) is 0 Å². The Morgan fingerprint density at radius 2 is 1.91 bits per heavy atom. The van der Waals surface area contributed by atoms with Crippen molar-refractivity contribution in [3.63, 3.8) is 0 Å². The zero-order valence-electron chi connectivity index (χ0n) is 13.8. The van der Waals surface area contributed by atoms with E-state index < -0.39 is 0 Å². The van der Waals surface area contributed by atoms with Crippen LogP contribution in [0.15, 0.2) is 24.3 Å². The second-order valence-corrected chi connectivity index (χ2v) is 7.32. The van der Waals surface area contributed by atoms with Crippen molar-refractivity contribution in [3.05, 3.63) is 29.8 Å². The molecule has 3 rings (SSSR count). The zero-order valence-corrected chi connectivity index (χ0v) is 13.8. The molecule has 1 saturated heterocycles. The number of nitrogens with one attached hydrogen (secondary N) is 1. The van der Waals surface area contributed by atoms with Crippen LogP contribution in [0.1, 0.15) is 44.6 Å². The molecule has 2 fully saturated rings. The molecule has 1 aromatic carbocycles. The van der Waals surface area contributed by atoms with E-state index in [2.05, 4.69) is 41.4 Å². The summed E-state index contributed by atoms with van der Waals surface area (Å²) < 4.78 is 0. The lowest BCUT2D eigenvalue weighted by Gasteiger charge is -2.31. The first-order chi connectivity index (χ1) is 10.7. The number of likely N-dealkylation sites (tertiary alicyclic amines) is 1. The minimum atomic E-state index is 0.353. The molecule has 2 N–H and O–H groups in total. The molecule has 1 heterocycles. The highest BCUT2D eigenvalue weighted by atomic mass is 16.3. The average molecular weight is 302 g/mol. The number of aliphatic hydroxyl groups excluding tert-OH is 1. The molecule has 3 nitrogen and oxygen atoms in total. The Balaban J connectivity index is 1.59. The summed E-state index contributed by atoms with van der Waals surface area (Å²) >= 11 is 0. The van der Waals surface area contributed by atoms with Gasteiger partial charge in [0.1, 0.15) is 0 Å². The number of nitrogens with zero attached hydrogens (tertiary/aromatic N) is 1. The summed E-state index contributed by atoms with van der Waals surface area (Å²) in [7, 11) is 0. The molecule has 3 heteroatoms. The molecular formula is C19H30N2O. The van der Waals surface area contributed by atoms with E-state index in [1.807, 2.05) is 0 Å². The van der Waals surface area contributed by atoms with Gasteiger partial charge in [0.05, 0.1) is 0 Å². The topological polar surface area (TPSA) is 35.5 Å². The first-order valence-corrected chi connectivity index (χ1v) is 8.92. The smallest absolute Gasteiger partial charge is 0.0460 e. The summed E-state index contributed by atoms with van der Waals surface area (Å²) in [5, 5.41) is 13.0. The van der Waals surface area contributed by atoms with Crippen LogP contribution in [0.25, 0.3) is 0 Å². The van der Waals surface area contributed by atoms with Gasteiger partial charge in [-0.3, -0.25) is 4.90 Å². The molecule has 0 radical (unpaired) electrons. The number of rotatable bonds is 5. The Morgan fingerprint density at radius 3 is 2.59 bits per heavy atom. The molecular weight excluding hydrogens is 272 g/mol. The molecule has 0 spiro atoms. The van der Waals surface area contributed by atoms with Crippen molar-refractivity contribution in [2.45, 2.75) is 51.6 Å². The summed E-state index contributed by atoms with van der Waals surface area (Å²) in [6.45, 7) is 5.97. The first-order valence-electron chi connectivity index (χ1n) is 8.92. The van der Waals surface area contributed by atoms with E-state index in [1.165, 1.54) is 30.5 Å². The lowest BCUT2D eigenvalue weighted by molar-refractivity contribution is 0.127. The second-order valence-electron chi connectivity index (χ2n) is 7.32. The van der Waals surface area contributed by atoms with Crippen LogP contribution in [0.4, 0.5) is 5.69 Å². The van der Waals surface area contributed by atoms with Gasteiger partial charge >= 0.3 is 0 Å². The molecule has 0 aromatic heterocycles.